The number of methoxy groups -OCH3 is 2. The van der Waals surface area contributed by atoms with Crippen LogP contribution in [0.2, 0.25) is 0 Å². The third-order valence-corrected chi connectivity index (χ3v) is 4.93. The van der Waals surface area contributed by atoms with E-state index in [9.17, 15) is 13.2 Å². The summed E-state index contributed by atoms with van der Waals surface area (Å²) in [7, 11) is -0.567. The molecule has 0 aromatic heterocycles. The van der Waals surface area contributed by atoms with Crippen molar-refractivity contribution in [2.45, 2.75) is 12.1 Å². The highest BCUT2D eigenvalue weighted by Crippen LogP contribution is 2.28. The van der Waals surface area contributed by atoms with E-state index in [-0.39, 0.29) is 11.5 Å². The summed E-state index contributed by atoms with van der Waals surface area (Å²) in [5.41, 5.74) is 0.715. The lowest BCUT2D eigenvalue weighted by Crippen LogP contribution is -2.51. The lowest BCUT2D eigenvalue weighted by Gasteiger charge is -2.30. The number of para-hydroxylation sites is 1. The van der Waals surface area contributed by atoms with Crippen LogP contribution in [0.4, 0.5) is 0 Å². The molecule has 1 saturated heterocycles. The normalized spacial score (nSPS) is 24.9. The lowest BCUT2D eigenvalue weighted by molar-refractivity contribution is -0.142. The predicted molar refractivity (Wildman–Crippen MR) is 73.3 cm³/mol. The summed E-state index contributed by atoms with van der Waals surface area (Å²) in [5.74, 6) is -0.300. The van der Waals surface area contributed by atoms with Crippen LogP contribution in [0.3, 0.4) is 0 Å². The van der Waals surface area contributed by atoms with E-state index in [1.54, 1.807) is 24.3 Å². The zero-order valence-electron chi connectivity index (χ0n) is 11.3. The first kappa shape index (κ1) is 14.8. The van der Waals surface area contributed by atoms with Gasteiger partial charge in [-0.3, -0.25) is 10.1 Å². The van der Waals surface area contributed by atoms with Gasteiger partial charge in [-0.1, -0.05) is 18.2 Å². The van der Waals surface area contributed by atoms with E-state index in [0.29, 0.717) is 11.3 Å². The molecule has 0 aliphatic carbocycles. The molecule has 1 heterocycles. The molecule has 0 saturated carbocycles. The van der Waals surface area contributed by atoms with Gasteiger partial charge in [-0.25, -0.2) is 8.42 Å². The summed E-state index contributed by atoms with van der Waals surface area (Å²) in [6.07, 6.45) is 0. The van der Waals surface area contributed by atoms with Gasteiger partial charge < -0.3 is 9.47 Å². The molecule has 6 nitrogen and oxygen atoms in total. The number of nitrogens with one attached hydrogen (secondary N) is 1. The van der Waals surface area contributed by atoms with Crippen LogP contribution in [0.5, 0.6) is 5.75 Å². The smallest absolute Gasteiger partial charge is 0.323 e. The molecule has 20 heavy (non-hydrogen) atoms. The molecule has 1 aromatic rings. The van der Waals surface area contributed by atoms with Gasteiger partial charge in [-0.05, 0) is 6.07 Å². The molecule has 2 rings (SSSR count). The molecule has 0 spiro atoms. The summed E-state index contributed by atoms with van der Waals surface area (Å²) in [4.78, 5) is 11.6. The summed E-state index contributed by atoms with van der Waals surface area (Å²) in [5, 5.41) is 3.02. The largest absolute Gasteiger partial charge is 0.496 e. The second kappa shape index (κ2) is 5.80. The van der Waals surface area contributed by atoms with E-state index in [2.05, 4.69) is 10.1 Å². The summed E-state index contributed by atoms with van der Waals surface area (Å²) >= 11 is 0. The fraction of sp³-hybridized carbons (Fsp3) is 0.462. The van der Waals surface area contributed by atoms with Crippen LogP contribution in [0, 0.1) is 0 Å². The molecule has 1 aromatic carbocycles. The van der Waals surface area contributed by atoms with Crippen molar-refractivity contribution in [3.63, 3.8) is 0 Å². The summed E-state index contributed by atoms with van der Waals surface area (Å²) in [6.45, 7) is 0. The van der Waals surface area contributed by atoms with Gasteiger partial charge in [0.25, 0.3) is 0 Å². The highest BCUT2D eigenvalue weighted by atomic mass is 32.2. The fourth-order valence-corrected chi connectivity index (χ4v) is 3.99. The first-order chi connectivity index (χ1) is 9.46. The molecule has 2 unspecified atom stereocenters. The molecule has 1 aliphatic heterocycles. The topological polar surface area (TPSA) is 81.7 Å². The Morgan fingerprint density at radius 1 is 1.25 bits per heavy atom. The Balaban J connectivity index is 2.33. The van der Waals surface area contributed by atoms with E-state index >= 15 is 0 Å². The maximum Gasteiger partial charge on any atom is 0.323 e. The Morgan fingerprint density at radius 3 is 2.60 bits per heavy atom. The number of hydrogen-bond donors (Lipinski definition) is 1. The van der Waals surface area contributed by atoms with Crippen molar-refractivity contribution < 1.29 is 22.7 Å². The van der Waals surface area contributed by atoms with Crippen LogP contribution < -0.4 is 10.1 Å². The average molecular weight is 299 g/mol. The van der Waals surface area contributed by atoms with E-state index < -0.39 is 27.9 Å². The van der Waals surface area contributed by atoms with Crippen molar-refractivity contribution in [3.8, 4) is 5.75 Å². The van der Waals surface area contributed by atoms with Crippen LogP contribution >= 0.6 is 0 Å². The SMILES string of the molecule is COC(=O)C1CS(=O)(=O)CC(c2ccccc2OC)N1. The number of benzene rings is 1. The molecule has 2 atom stereocenters. The highest BCUT2D eigenvalue weighted by Gasteiger charge is 2.37. The molecule has 0 radical (unpaired) electrons. The van der Waals surface area contributed by atoms with E-state index in [4.69, 9.17) is 4.74 Å². The van der Waals surface area contributed by atoms with Crippen LogP contribution in [0.25, 0.3) is 0 Å². The molecule has 1 N–H and O–H groups in total. The molecule has 0 bridgehead atoms. The summed E-state index contributed by atoms with van der Waals surface area (Å²) < 4.78 is 33.8. The first-order valence-electron chi connectivity index (χ1n) is 6.14. The Kier molecular flexibility index (Phi) is 4.29. The predicted octanol–water partition coefficient (Wildman–Crippen LogP) is 0.296. The first-order valence-corrected chi connectivity index (χ1v) is 7.96. The third-order valence-electron chi connectivity index (χ3n) is 3.24. The van der Waals surface area contributed by atoms with Gasteiger partial charge in [0.05, 0.1) is 31.8 Å². The zero-order valence-corrected chi connectivity index (χ0v) is 12.1. The number of ether oxygens (including phenoxy) is 2. The van der Waals surface area contributed by atoms with Crippen LogP contribution in [-0.4, -0.2) is 46.2 Å². The van der Waals surface area contributed by atoms with Gasteiger partial charge in [-0.2, -0.15) is 0 Å². The van der Waals surface area contributed by atoms with Crippen molar-refractivity contribution in [2.24, 2.45) is 0 Å². The number of esters is 1. The molecule has 1 fully saturated rings. The molecule has 1 aliphatic rings. The van der Waals surface area contributed by atoms with Crippen molar-refractivity contribution in [2.75, 3.05) is 25.7 Å². The number of carbonyl (C=O) groups is 1. The van der Waals surface area contributed by atoms with Gasteiger partial charge in [0.2, 0.25) is 0 Å². The quantitative estimate of drug-likeness (QED) is 0.808. The minimum Gasteiger partial charge on any atom is -0.496 e. The van der Waals surface area contributed by atoms with Gasteiger partial charge in [-0.15, -0.1) is 0 Å². The molecule has 110 valence electrons. The average Bonchev–Trinajstić information content (AvgIpc) is 2.44. The number of carbonyl (C=O) groups excluding carboxylic acids is 1. The van der Waals surface area contributed by atoms with Crippen LogP contribution in [0.15, 0.2) is 24.3 Å². The number of hydrogen-bond acceptors (Lipinski definition) is 6. The number of sulfone groups is 1. The maximum absolute atomic E-state index is 12.0. The lowest BCUT2D eigenvalue weighted by atomic mass is 10.1. The zero-order chi connectivity index (χ0) is 14.8. The van der Waals surface area contributed by atoms with Crippen molar-refractivity contribution >= 4 is 15.8 Å². The van der Waals surface area contributed by atoms with Gasteiger partial charge in [0, 0.05) is 5.56 Å². The molecular weight excluding hydrogens is 282 g/mol. The standard InChI is InChI=1S/C13H17NO5S/c1-18-12-6-4-3-5-9(12)10-7-20(16,17)8-11(14-10)13(15)19-2/h3-6,10-11,14H,7-8H2,1-2H3. The fourth-order valence-electron chi connectivity index (χ4n) is 2.33. The van der Waals surface area contributed by atoms with Gasteiger partial charge in [0.15, 0.2) is 9.84 Å². The molecular formula is C13H17NO5S. The second-order valence-corrected chi connectivity index (χ2v) is 6.77. The Bertz CT molecular complexity index is 599. The monoisotopic (exact) mass is 299 g/mol. The highest BCUT2D eigenvalue weighted by molar-refractivity contribution is 7.91. The Labute approximate surface area is 118 Å². The Morgan fingerprint density at radius 2 is 1.95 bits per heavy atom. The molecule has 7 heteroatoms. The van der Waals surface area contributed by atoms with Crippen molar-refractivity contribution in [1.29, 1.82) is 0 Å². The third kappa shape index (κ3) is 3.10. The van der Waals surface area contributed by atoms with Gasteiger partial charge >= 0.3 is 5.97 Å². The van der Waals surface area contributed by atoms with E-state index in [1.807, 2.05) is 0 Å². The minimum atomic E-state index is -3.33. The minimum absolute atomic E-state index is 0.0686. The maximum atomic E-state index is 12.0. The van der Waals surface area contributed by atoms with Crippen LogP contribution in [0.1, 0.15) is 11.6 Å². The van der Waals surface area contributed by atoms with Crippen molar-refractivity contribution in [1.82, 2.24) is 5.32 Å². The van der Waals surface area contributed by atoms with Crippen LogP contribution in [-0.2, 0) is 19.4 Å². The van der Waals surface area contributed by atoms with E-state index in [0.717, 1.165) is 0 Å². The van der Waals surface area contributed by atoms with Crippen molar-refractivity contribution in [3.05, 3.63) is 29.8 Å². The van der Waals surface area contributed by atoms with E-state index in [1.165, 1.54) is 14.2 Å². The second-order valence-electron chi connectivity index (χ2n) is 4.61. The molecule has 0 amide bonds. The number of rotatable bonds is 3. The summed E-state index contributed by atoms with van der Waals surface area (Å²) in [6, 6.07) is 5.80. The Hall–Kier alpha value is -1.60. The van der Waals surface area contributed by atoms with Gasteiger partial charge in [0.1, 0.15) is 11.8 Å².